The van der Waals surface area contributed by atoms with Crippen molar-refractivity contribution in [2.24, 2.45) is 0 Å². The van der Waals surface area contributed by atoms with E-state index in [4.69, 9.17) is 4.74 Å². The van der Waals surface area contributed by atoms with Crippen molar-refractivity contribution in [3.8, 4) is 0 Å². The molecule has 0 aromatic heterocycles. The fourth-order valence-electron chi connectivity index (χ4n) is 4.30. The van der Waals surface area contributed by atoms with Gasteiger partial charge >= 0.3 is 5.97 Å². The van der Waals surface area contributed by atoms with Crippen LogP contribution in [0.15, 0.2) is 29.2 Å². The molecule has 1 heterocycles. The molecule has 1 saturated heterocycles. The predicted molar refractivity (Wildman–Crippen MR) is 117 cm³/mol. The number of esters is 1. The Morgan fingerprint density at radius 2 is 1.65 bits per heavy atom. The quantitative estimate of drug-likeness (QED) is 0.634. The summed E-state index contributed by atoms with van der Waals surface area (Å²) in [5, 5.41) is 2.95. The first kappa shape index (κ1) is 23.7. The summed E-state index contributed by atoms with van der Waals surface area (Å²) in [5.41, 5.74) is 0.0791. The molecule has 1 aliphatic heterocycles. The van der Waals surface area contributed by atoms with Crippen LogP contribution < -0.4 is 5.32 Å². The summed E-state index contributed by atoms with van der Waals surface area (Å²) in [6.07, 6.45) is 4.01. The van der Waals surface area contributed by atoms with Crippen LogP contribution >= 0.6 is 0 Å². The van der Waals surface area contributed by atoms with E-state index in [1.165, 1.54) is 4.31 Å². The number of piperazine rings is 1. The normalized spacial score (nSPS) is 20.2. The highest BCUT2D eigenvalue weighted by Crippen LogP contribution is 2.29. The van der Waals surface area contributed by atoms with Crippen LogP contribution in [0.4, 0.5) is 0 Å². The maximum atomic E-state index is 12.8. The van der Waals surface area contributed by atoms with E-state index in [1.807, 2.05) is 11.8 Å². The van der Waals surface area contributed by atoms with Gasteiger partial charge in [0.05, 0.1) is 18.0 Å². The van der Waals surface area contributed by atoms with Crippen molar-refractivity contribution in [2.45, 2.75) is 56.4 Å². The highest BCUT2D eigenvalue weighted by atomic mass is 32.2. The van der Waals surface area contributed by atoms with Crippen molar-refractivity contribution in [3.63, 3.8) is 0 Å². The minimum Gasteiger partial charge on any atom is -0.464 e. The van der Waals surface area contributed by atoms with E-state index in [9.17, 15) is 18.0 Å². The third-order valence-corrected chi connectivity index (χ3v) is 8.02. The molecule has 31 heavy (non-hydrogen) atoms. The molecule has 2 fully saturated rings. The zero-order chi connectivity index (χ0) is 22.5. The van der Waals surface area contributed by atoms with Gasteiger partial charge in [0.2, 0.25) is 15.9 Å². The lowest BCUT2D eigenvalue weighted by atomic mass is 9.81. The Hall–Kier alpha value is -1.97. The van der Waals surface area contributed by atoms with Crippen LogP contribution in [0, 0.1) is 6.92 Å². The minimum atomic E-state index is -3.54. The summed E-state index contributed by atoms with van der Waals surface area (Å²) < 4.78 is 32.4. The minimum absolute atomic E-state index is 0.138. The van der Waals surface area contributed by atoms with Crippen molar-refractivity contribution in [3.05, 3.63) is 29.8 Å². The zero-order valence-corrected chi connectivity index (χ0v) is 19.2. The largest absolute Gasteiger partial charge is 0.464 e. The second-order valence-electron chi connectivity index (χ2n) is 8.40. The average molecular weight is 452 g/mol. The van der Waals surface area contributed by atoms with Gasteiger partial charge in [-0.1, -0.05) is 37.0 Å². The molecule has 0 radical (unpaired) electrons. The van der Waals surface area contributed by atoms with Gasteiger partial charge < -0.3 is 10.1 Å². The van der Waals surface area contributed by atoms with Crippen molar-refractivity contribution >= 4 is 21.9 Å². The molecule has 1 aliphatic carbocycles. The summed E-state index contributed by atoms with van der Waals surface area (Å²) in [6.45, 7) is 5.68. The number of benzene rings is 1. The van der Waals surface area contributed by atoms with Gasteiger partial charge in [0.25, 0.3) is 0 Å². The SMILES string of the molecule is CCOC(=O)C1(NC(=O)CN2CCN(S(=O)(=O)c3ccc(C)cc3)CC2)CCCCC1. The van der Waals surface area contributed by atoms with Gasteiger partial charge in [0.15, 0.2) is 0 Å². The molecule has 172 valence electrons. The molecule has 8 nitrogen and oxygen atoms in total. The molecule has 1 aromatic carbocycles. The first-order chi connectivity index (χ1) is 14.8. The Labute approximate surface area is 185 Å². The number of sulfonamides is 1. The summed E-state index contributed by atoms with van der Waals surface area (Å²) in [6, 6.07) is 6.84. The Kier molecular flexibility index (Phi) is 7.72. The van der Waals surface area contributed by atoms with E-state index >= 15 is 0 Å². The van der Waals surface area contributed by atoms with Crippen molar-refractivity contribution in [1.82, 2.24) is 14.5 Å². The van der Waals surface area contributed by atoms with Crippen LogP contribution in [-0.4, -0.2) is 74.4 Å². The molecule has 0 unspecified atom stereocenters. The fraction of sp³-hybridized carbons (Fsp3) is 0.636. The summed E-state index contributed by atoms with van der Waals surface area (Å²) in [4.78, 5) is 27.5. The molecule has 0 spiro atoms. The number of hydrogen-bond acceptors (Lipinski definition) is 6. The third-order valence-electron chi connectivity index (χ3n) is 6.11. The predicted octanol–water partition coefficient (Wildman–Crippen LogP) is 1.68. The Balaban J connectivity index is 1.55. The number of ether oxygens (including phenoxy) is 1. The number of nitrogens with zero attached hydrogens (tertiary/aromatic N) is 2. The topological polar surface area (TPSA) is 96.0 Å². The van der Waals surface area contributed by atoms with Gasteiger partial charge in [-0.05, 0) is 38.8 Å². The van der Waals surface area contributed by atoms with E-state index in [-0.39, 0.29) is 29.9 Å². The number of carbonyl (C=O) groups is 2. The number of nitrogens with one attached hydrogen (secondary N) is 1. The maximum absolute atomic E-state index is 12.8. The van der Waals surface area contributed by atoms with E-state index in [0.717, 1.165) is 24.8 Å². The van der Waals surface area contributed by atoms with Crippen LogP contribution in [0.5, 0.6) is 0 Å². The molecule has 0 bridgehead atoms. The lowest BCUT2D eigenvalue weighted by Gasteiger charge is -2.37. The summed E-state index contributed by atoms with van der Waals surface area (Å²) >= 11 is 0. The molecule has 9 heteroatoms. The van der Waals surface area contributed by atoms with Gasteiger partial charge in [0.1, 0.15) is 5.54 Å². The molecular weight excluding hydrogens is 418 g/mol. The van der Waals surface area contributed by atoms with Crippen molar-refractivity contribution in [2.75, 3.05) is 39.3 Å². The van der Waals surface area contributed by atoms with Gasteiger partial charge in [-0.2, -0.15) is 4.31 Å². The Morgan fingerprint density at radius 1 is 1.03 bits per heavy atom. The molecule has 1 saturated carbocycles. The highest BCUT2D eigenvalue weighted by molar-refractivity contribution is 7.89. The molecule has 1 N–H and O–H groups in total. The number of hydrogen-bond donors (Lipinski definition) is 1. The van der Waals surface area contributed by atoms with Gasteiger partial charge in [-0.25, -0.2) is 13.2 Å². The molecular formula is C22H33N3O5S. The van der Waals surface area contributed by atoms with Crippen LogP contribution in [-0.2, 0) is 24.3 Å². The van der Waals surface area contributed by atoms with Gasteiger partial charge in [0, 0.05) is 26.2 Å². The monoisotopic (exact) mass is 451 g/mol. The van der Waals surface area contributed by atoms with E-state index in [2.05, 4.69) is 5.32 Å². The summed E-state index contributed by atoms with van der Waals surface area (Å²) in [7, 11) is -3.54. The van der Waals surface area contributed by atoms with Crippen LogP contribution in [0.1, 0.15) is 44.6 Å². The fourth-order valence-corrected chi connectivity index (χ4v) is 5.72. The maximum Gasteiger partial charge on any atom is 0.331 e. The Bertz CT molecular complexity index is 871. The van der Waals surface area contributed by atoms with E-state index in [0.29, 0.717) is 39.0 Å². The molecule has 1 aromatic rings. The number of amides is 1. The van der Waals surface area contributed by atoms with Crippen LogP contribution in [0.3, 0.4) is 0 Å². The van der Waals surface area contributed by atoms with Crippen LogP contribution in [0.25, 0.3) is 0 Å². The molecule has 1 amide bonds. The average Bonchev–Trinajstić information content (AvgIpc) is 2.75. The van der Waals surface area contributed by atoms with Gasteiger partial charge in [-0.15, -0.1) is 0 Å². The van der Waals surface area contributed by atoms with Crippen molar-refractivity contribution in [1.29, 1.82) is 0 Å². The Morgan fingerprint density at radius 3 is 2.23 bits per heavy atom. The van der Waals surface area contributed by atoms with Crippen LogP contribution in [0.2, 0.25) is 0 Å². The molecule has 0 atom stereocenters. The number of rotatable bonds is 7. The van der Waals surface area contributed by atoms with Gasteiger partial charge in [-0.3, -0.25) is 9.69 Å². The first-order valence-electron chi connectivity index (χ1n) is 11.0. The summed E-state index contributed by atoms with van der Waals surface area (Å²) in [5.74, 6) is -0.568. The number of aryl methyl sites for hydroxylation is 1. The molecule has 2 aliphatic rings. The zero-order valence-electron chi connectivity index (χ0n) is 18.4. The highest BCUT2D eigenvalue weighted by Gasteiger charge is 2.42. The second-order valence-corrected chi connectivity index (χ2v) is 10.3. The molecule has 3 rings (SSSR count). The smallest absolute Gasteiger partial charge is 0.331 e. The third kappa shape index (κ3) is 5.64. The lowest BCUT2D eigenvalue weighted by Crippen LogP contribution is -2.59. The standard InChI is InChI=1S/C22H33N3O5S/c1-3-30-21(27)22(11-5-4-6-12-22)23-20(26)17-24-13-15-25(16-14-24)31(28,29)19-9-7-18(2)8-10-19/h7-10H,3-6,11-17H2,1-2H3,(H,23,26). The second kappa shape index (κ2) is 10.1. The van der Waals surface area contributed by atoms with E-state index in [1.54, 1.807) is 31.2 Å². The lowest BCUT2D eigenvalue weighted by molar-refractivity contribution is -0.155. The number of carbonyl (C=O) groups excluding carboxylic acids is 2. The van der Waals surface area contributed by atoms with Crippen molar-refractivity contribution < 1.29 is 22.7 Å². The van der Waals surface area contributed by atoms with E-state index < -0.39 is 15.6 Å². The first-order valence-corrected chi connectivity index (χ1v) is 12.5.